The zero-order valence-corrected chi connectivity index (χ0v) is 17.0. The number of rotatable bonds is 6. The third kappa shape index (κ3) is 5.22. The minimum absolute atomic E-state index is 0.0263. The average Bonchev–Trinajstić information content (AvgIpc) is 2.50. The molecule has 0 heterocycles. The van der Waals surface area contributed by atoms with E-state index in [1.807, 2.05) is 0 Å². The van der Waals surface area contributed by atoms with E-state index in [4.69, 9.17) is 23.2 Å². The summed E-state index contributed by atoms with van der Waals surface area (Å²) in [5, 5.41) is 10.9. The summed E-state index contributed by atoms with van der Waals surface area (Å²) >= 11 is 11.8. The Morgan fingerprint density at radius 1 is 1.00 bits per heavy atom. The summed E-state index contributed by atoms with van der Waals surface area (Å²) in [6, 6.07) is 5.72. The van der Waals surface area contributed by atoms with E-state index in [0.717, 1.165) is 18.4 Å². The van der Waals surface area contributed by atoms with Gasteiger partial charge in [-0.2, -0.15) is 0 Å². The Bertz CT molecular complexity index is 1130. The summed E-state index contributed by atoms with van der Waals surface area (Å²) in [5.74, 6) is 0. The van der Waals surface area contributed by atoms with Gasteiger partial charge in [0.05, 0.1) is 37.5 Å². The molecule has 2 N–H and O–H groups in total. The molecule has 0 aromatic heterocycles. The minimum Gasteiger partial charge on any atom is -0.282 e. The van der Waals surface area contributed by atoms with Gasteiger partial charge in [0.2, 0.25) is 10.0 Å². The first-order valence-corrected chi connectivity index (χ1v) is 11.2. The smallest absolute Gasteiger partial charge is 0.275 e. The number of sulfonamides is 2. The fraction of sp³-hybridized carbons (Fsp3) is 0.143. The topological polar surface area (TPSA) is 135 Å². The van der Waals surface area contributed by atoms with Crippen LogP contribution in [-0.2, 0) is 20.0 Å². The van der Waals surface area contributed by atoms with E-state index < -0.39 is 35.6 Å². The minimum atomic E-state index is -4.21. The normalized spacial score (nSPS) is 11.9. The predicted octanol–water partition coefficient (Wildman–Crippen LogP) is 3.38. The molecule has 0 fully saturated rings. The number of nitrogens with one attached hydrogen (secondary N) is 2. The quantitative estimate of drug-likeness (QED) is 0.507. The van der Waals surface area contributed by atoms with Crippen LogP contribution in [0.25, 0.3) is 0 Å². The van der Waals surface area contributed by atoms with Crippen molar-refractivity contribution in [2.24, 2.45) is 0 Å². The van der Waals surface area contributed by atoms with E-state index in [1.54, 1.807) is 0 Å². The molecule has 0 spiro atoms. The number of anilines is 2. The SMILES string of the molecule is Cc1c(Cl)cc(S(=O)(=O)Nc2ccc(NS(C)(=O)=O)c(Cl)c2)cc1[N+](=O)[O-]. The van der Waals surface area contributed by atoms with E-state index in [0.29, 0.717) is 0 Å². The Morgan fingerprint density at radius 3 is 2.15 bits per heavy atom. The third-order valence-corrected chi connectivity index (χ3v) is 5.97. The van der Waals surface area contributed by atoms with Crippen LogP contribution in [0.2, 0.25) is 10.0 Å². The monoisotopic (exact) mass is 453 g/mol. The second-order valence-electron chi connectivity index (χ2n) is 5.48. The van der Waals surface area contributed by atoms with Gasteiger partial charge < -0.3 is 0 Å². The number of nitrogens with zero attached hydrogens (tertiary/aromatic N) is 1. The van der Waals surface area contributed by atoms with Gasteiger partial charge in [0, 0.05) is 11.6 Å². The molecule has 0 radical (unpaired) electrons. The summed E-state index contributed by atoms with van der Waals surface area (Å²) in [5.41, 5.74) is -0.206. The molecule has 2 rings (SSSR count). The molecule has 0 aliphatic rings. The molecule has 0 bridgehead atoms. The number of nitro groups is 1. The maximum absolute atomic E-state index is 12.5. The fourth-order valence-corrected chi connectivity index (χ4v) is 4.30. The van der Waals surface area contributed by atoms with Crippen LogP contribution in [0.1, 0.15) is 5.56 Å². The lowest BCUT2D eigenvalue weighted by atomic mass is 10.2. The van der Waals surface area contributed by atoms with Gasteiger partial charge in [0.25, 0.3) is 15.7 Å². The first-order chi connectivity index (χ1) is 12.3. The van der Waals surface area contributed by atoms with E-state index >= 15 is 0 Å². The highest BCUT2D eigenvalue weighted by molar-refractivity contribution is 7.92. The van der Waals surface area contributed by atoms with Gasteiger partial charge in [-0.1, -0.05) is 23.2 Å². The third-order valence-electron chi connectivity index (χ3n) is 3.31. The van der Waals surface area contributed by atoms with Crippen molar-refractivity contribution in [3.8, 4) is 0 Å². The maximum Gasteiger partial charge on any atom is 0.275 e. The summed E-state index contributed by atoms with van der Waals surface area (Å²) in [6.45, 7) is 1.40. The number of halogens is 2. The lowest BCUT2D eigenvalue weighted by Gasteiger charge is -2.12. The highest BCUT2D eigenvalue weighted by Crippen LogP contribution is 2.31. The molecule has 27 heavy (non-hydrogen) atoms. The van der Waals surface area contributed by atoms with Crippen molar-refractivity contribution in [1.29, 1.82) is 0 Å². The molecule has 0 saturated heterocycles. The van der Waals surface area contributed by atoms with Crippen molar-refractivity contribution < 1.29 is 21.8 Å². The second kappa shape index (κ2) is 7.50. The van der Waals surface area contributed by atoms with Gasteiger partial charge in [-0.3, -0.25) is 19.6 Å². The lowest BCUT2D eigenvalue weighted by Crippen LogP contribution is -2.14. The molecule has 0 aliphatic carbocycles. The van der Waals surface area contributed by atoms with Crippen molar-refractivity contribution in [2.45, 2.75) is 11.8 Å². The van der Waals surface area contributed by atoms with Crippen LogP contribution >= 0.6 is 23.2 Å². The largest absolute Gasteiger partial charge is 0.282 e. The highest BCUT2D eigenvalue weighted by atomic mass is 35.5. The number of hydrogen-bond donors (Lipinski definition) is 2. The van der Waals surface area contributed by atoms with E-state index in [-0.39, 0.29) is 27.0 Å². The Balaban J connectivity index is 2.40. The molecular weight excluding hydrogens is 441 g/mol. The molecule has 0 saturated carbocycles. The van der Waals surface area contributed by atoms with Crippen LogP contribution in [0.3, 0.4) is 0 Å². The lowest BCUT2D eigenvalue weighted by molar-refractivity contribution is -0.385. The summed E-state index contributed by atoms with van der Waals surface area (Å²) < 4.78 is 51.9. The first-order valence-electron chi connectivity index (χ1n) is 7.05. The maximum atomic E-state index is 12.5. The van der Waals surface area contributed by atoms with Gasteiger partial charge in [0.1, 0.15) is 0 Å². The fourth-order valence-electron chi connectivity index (χ4n) is 2.06. The van der Waals surface area contributed by atoms with E-state index in [9.17, 15) is 26.9 Å². The van der Waals surface area contributed by atoms with E-state index in [1.165, 1.54) is 25.1 Å². The van der Waals surface area contributed by atoms with Crippen LogP contribution in [0, 0.1) is 17.0 Å². The summed E-state index contributed by atoms with van der Waals surface area (Å²) in [7, 11) is -7.77. The van der Waals surface area contributed by atoms with Crippen molar-refractivity contribution in [3.63, 3.8) is 0 Å². The zero-order valence-electron chi connectivity index (χ0n) is 13.9. The molecule has 0 amide bonds. The molecule has 0 atom stereocenters. The van der Waals surface area contributed by atoms with Crippen molar-refractivity contribution in [2.75, 3.05) is 15.7 Å². The van der Waals surface area contributed by atoms with Gasteiger partial charge in [-0.15, -0.1) is 0 Å². The van der Waals surface area contributed by atoms with Crippen LogP contribution in [0.4, 0.5) is 17.1 Å². The molecule has 0 unspecified atom stereocenters. The number of benzene rings is 2. The molecule has 2 aromatic carbocycles. The van der Waals surface area contributed by atoms with Gasteiger partial charge in [-0.25, -0.2) is 16.8 Å². The summed E-state index contributed by atoms with van der Waals surface area (Å²) in [6.07, 6.45) is 0.938. The van der Waals surface area contributed by atoms with Gasteiger partial charge in [-0.05, 0) is 31.2 Å². The highest BCUT2D eigenvalue weighted by Gasteiger charge is 2.23. The Hall–Kier alpha value is -2.08. The molecule has 9 nitrogen and oxygen atoms in total. The van der Waals surface area contributed by atoms with Gasteiger partial charge >= 0.3 is 0 Å². The molecular formula is C14H13Cl2N3O6S2. The molecule has 2 aromatic rings. The van der Waals surface area contributed by atoms with Gasteiger partial charge in [0.15, 0.2) is 0 Å². The molecule has 0 aliphatic heterocycles. The Labute approximate surface area is 165 Å². The standard InChI is InChI=1S/C14H13Cl2N3O6S2/c1-8-11(15)6-10(7-14(8)19(20)21)27(24,25)17-9-3-4-13(12(16)5-9)18-26(2,22)23/h3-7,17-18H,1-2H3. The first kappa shape index (κ1) is 21.2. The Morgan fingerprint density at radius 2 is 1.63 bits per heavy atom. The predicted molar refractivity (Wildman–Crippen MR) is 104 cm³/mol. The van der Waals surface area contributed by atoms with Crippen molar-refractivity contribution >= 4 is 60.3 Å². The van der Waals surface area contributed by atoms with E-state index in [2.05, 4.69) is 9.44 Å². The van der Waals surface area contributed by atoms with Crippen molar-refractivity contribution in [3.05, 3.63) is 56.1 Å². The number of hydrogen-bond acceptors (Lipinski definition) is 6. The summed E-state index contributed by atoms with van der Waals surface area (Å²) in [4.78, 5) is 9.93. The Kier molecular flexibility index (Phi) is 5.90. The second-order valence-corrected chi connectivity index (χ2v) is 9.73. The van der Waals surface area contributed by atoms with Crippen LogP contribution < -0.4 is 9.44 Å². The van der Waals surface area contributed by atoms with Crippen LogP contribution in [-0.4, -0.2) is 28.0 Å². The average molecular weight is 454 g/mol. The zero-order chi connectivity index (χ0) is 20.6. The molecule has 146 valence electrons. The van der Waals surface area contributed by atoms with Crippen molar-refractivity contribution in [1.82, 2.24) is 0 Å². The molecule has 13 heteroatoms. The number of nitro benzene ring substituents is 1. The van der Waals surface area contributed by atoms with Crippen LogP contribution in [0.5, 0.6) is 0 Å². The van der Waals surface area contributed by atoms with Crippen LogP contribution in [0.15, 0.2) is 35.2 Å².